The number of aromatic nitrogens is 2. The lowest BCUT2D eigenvalue weighted by Crippen LogP contribution is -2.41. The van der Waals surface area contributed by atoms with Crippen molar-refractivity contribution in [1.29, 1.82) is 0 Å². The number of aromatic amines is 1. The number of carbonyl (C=O) groups is 1. The minimum atomic E-state index is -0.714. The Hall–Kier alpha value is -3.29. The van der Waals surface area contributed by atoms with Crippen LogP contribution in [0, 0.1) is 11.6 Å². The number of nitrogens with zero attached hydrogens (tertiary/aromatic N) is 1. The highest BCUT2D eigenvalue weighted by atomic mass is 19.1. The summed E-state index contributed by atoms with van der Waals surface area (Å²) in [4.78, 5) is 39.5. The fraction of sp³-hybridized carbons (Fsp3) is 0.211. The zero-order valence-electron chi connectivity index (χ0n) is 14.1. The van der Waals surface area contributed by atoms with Crippen molar-refractivity contribution in [3.8, 4) is 0 Å². The molecule has 2 aromatic carbocycles. The number of para-hydroxylation sites is 1. The number of benzene rings is 2. The van der Waals surface area contributed by atoms with Crippen molar-refractivity contribution in [2.24, 2.45) is 0 Å². The molecule has 3 aromatic rings. The van der Waals surface area contributed by atoms with Crippen molar-refractivity contribution in [1.82, 2.24) is 14.9 Å². The van der Waals surface area contributed by atoms with Crippen LogP contribution in [0.3, 0.4) is 0 Å². The minimum absolute atomic E-state index is 0.254. The van der Waals surface area contributed by atoms with Gasteiger partial charge in [-0.3, -0.25) is 14.2 Å². The highest BCUT2D eigenvalue weighted by Gasteiger charge is 2.28. The first-order chi connectivity index (χ1) is 12.9. The van der Waals surface area contributed by atoms with E-state index in [0.717, 1.165) is 10.6 Å². The smallest absolute Gasteiger partial charge is 0.329 e. The van der Waals surface area contributed by atoms with Crippen LogP contribution >= 0.6 is 0 Å². The summed E-state index contributed by atoms with van der Waals surface area (Å²) in [7, 11) is 0. The Bertz CT molecular complexity index is 1180. The maximum atomic E-state index is 14.1. The molecule has 0 spiro atoms. The molecule has 0 fully saturated rings. The topological polar surface area (TPSA) is 84.0 Å². The van der Waals surface area contributed by atoms with E-state index in [4.69, 9.17) is 0 Å². The second-order valence-corrected chi connectivity index (χ2v) is 6.49. The van der Waals surface area contributed by atoms with E-state index in [1.807, 2.05) is 0 Å². The molecule has 6 nitrogen and oxygen atoms in total. The van der Waals surface area contributed by atoms with Gasteiger partial charge in [-0.25, -0.2) is 13.6 Å². The van der Waals surface area contributed by atoms with Gasteiger partial charge in [0.2, 0.25) is 5.91 Å². The number of H-pyrrole nitrogens is 1. The molecule has 8 heteroatoms. The molecule has 1 aliphatic carbocycles. The summed E-state index contributed by atoms with van der Waals surface area (Å²) < 4.78 is 28.2. The number of fused-ring (bicyclic) bond motifs is 2. The first kappa shape index (κ1) is 17.1. The van der Waals surface area contributed by atoms with Gasteiger partial charge in [-0.1, -0.05) is 12.1 Å². The summed E-state index contributed by atoms with van der Waals surface area (Å²) in [5.41, 5.74) is -0.125. The third-order valence-corrected chi connectivity index (χ3v) is 4.76. The molecule has 0 aliphatic heterocycles. The summed E-state index contributed by atoms with van der Waals surface area (Å²) in [5.74, 6) is -1.97. The standard InChI is InChI=1S/C19H15F2N3O3/c20-11-7-10-5-6-15(17(10)13(21)8-11)22-16(25)9-24-18(26)12-3-1-2-4-14(12)23-19(24)27/h1-4,7-8,15H,5-6,9H2,(H,22,25)(H,23,27)/t15-/m0/s1. The Balaban J connectivity index is 1.60. The lowest BCUT2D eigenvalue weighted by molar-refractivity contribution is -0.122. The molecule has 1 amide bonds. The number of hydrogen-bond donors (Lipinski definition) is 2. The van der Waals surface area contributed by atoms with E-state index >= 15 is 0 Å². The Labute approximate surface area is 151 Å². The zero-order chi connectivity index (χ0) is 19.1. The van der Waals surface area contributed by atoms with Crippen LogP contribution in [0.4, 0.5) is 8.78 Å². The quantitative estimate of drug-likeness (QED) is 0.736. The molecule has 0 saturated heterocycles. The van der Waals surface area contributed by atoms with Crippen molar-refractivity contribution in [3.05, 3.63) is 80.0 Å². The molecule has 0 unspecified atom stereocenters. The summed E-state index contributed by atoms with van der Waals surface area (Å²) >= 11 is 0. The van der Waals surface area contributed by atoms with E-state index in [0.29, 0.717) is 23.9 Å². The van der Waals surface area contributed by atoms with E-state index in [1.54, 1.807) is 24.3 Å². The molecule has 1 aromatic heterocycles. The molecule has 2 N–H and O–H groups in total. The van der Waals surface area contributed by atoms with Crippen molar-refractivity contribution in [3.63, 3.8) is 0 Å². The number of nitrogens with one attached hydrogen (secondary N) is 2. The van der Waals surface area contributed by atoms with Crippen molar-refractivity contribution in [2.45, 2.75) is 25.4 Å². The van der Waals surface area contributed by atoms with Gasteiger partial charge in [0, 0.05) is 11.6 Å². The molecule has 27 heavy (non-hydrogen) atoms. The Morgan fingerprint density at radius 2 is 2.00 bits per heavy atom. The van der Waals surface area contributed by atoms with E-state index < -0.39 is 41.4 Å². The lowest BCUT2D eigenvalue weighted by atomic mass is 10.1. The van der Waals surface area contributed by atoms with Gasteiger partial charge in [0.25, 0.3) is 5.56 Å². The second-order valence-electron chi connectivity index (χ2n) is 6.49. The third kappa shape index (κ3) is 3.03. The van der Waals surface area contributed by atoms with Gasteiger partial charge in [-0.2, -0.15) is 0 Å². The van der Waals surface area contributed by atoms with Gasteiger partial charge < -0.3 is 10.3 Å². The third-order valence-electron chi connectivity index (χ3n) is 4.76. The van der Waals surface area contributed by atoms with Gasteiger partial charge in [0.05, 0.1) is 16.9 Å². The van der Waals surface area contributed by atoms with Crippen LogP contribution in [0.15, 0.2) is 46.0 Å². The molecule has 0 saturated carbocycles. The summed E-state index contributed by atoms with van der Waals surface area (Å²) in [6, 6.07) is 7.90. The number of hydrogen-bond acceptors (Lipinski definition) is 3. The normalized spacial score (nSPS) is 15.7. The molecular formula is C19H15F2N3O3. The number of amides is 1. The molecule has 0 bridgehead atoms. The van der Waals surface area contributed by atoms with Crippen molar-refractivity contribution >= 4 is 16.8 Å². The highest BCUT2D eigenvalue weighted by Crippen LogP contribution is 2.33. The maximum absolute atomic E-state index is 14.1. The fourth-order valence-corrected chi connectivity index (χ4v) is 3.55. The van der Waals surface area contributed by atoms with E-state index in [2.05, 4.69) is 10.3 Å². The Morgan fingerprint density at radius 1 is 1.22 bits per heavy atom. The van der Waals surface area contributed by atoms with Crippen molar-refractivity contribution < 1.29 is 13.6 Å². The highest BCUT2D eigenvalue weighted by molar-refractivity contribution is 5.79. The van der Waals surface area contributed by atoms with Crippen LogP contribution in [0.2, 0.25) is 0 Å². The van der Waals surface area contributed by atoms with Gasteiger partial charge in [0.15, 0.2) is 0 Å². The molecule has 138 valence electrons. The second kappa shape index (κ2) is 6.46. The van der Waals surface area contributed by atoms with Crippen LogP contribution in [0.1, 0.15) is 23.6 Å². The number of carbonyl (C=O) groups excluding carboxylic acids is 1. The summed E-state index contributed by atoms with van der Waals surface area (Å²) in [5, 5.41) is 2.92. The Morgan fingerprint density at radius 3 is 2.81 bits per heavy atom. The number of halogens is 2. The van der Waals surface area contributed by atoms with Crippen LogP contribution in [-0.2, 0) is 17.8 Å². The summed E-state index contributed by atoms with van der Waals surface area (Å²) in [6.07, 6.45) is 0.857. The molecule has 1 atom stereocenters. The van der Waals surface area contributed by atoms with E-state index in [-0.39, 0.29) is 10.9 Å². The van der Waals surface area contributed by atoms with Crippen LogP contribution in [0.25, 0.3) is 10.9 Å². The zero-order valence-corrected chi connectivity index (χ0v) is 14.1. The predicted octanol–water partition coefficient (Wildman–Crippen LogP) is 1.77. The van der Waals surface area contributed by atoms with Gasteiger partial charge >= 0.3 is 5.69 Å². The predicted molar refractivity (Wildman–Crippen MR) is 94.4 cm³/mol. The van der Waals surface area contributed by atoms with Crippen LogP contribution in [0.5, 0.6) is 0 Å². The SMILES string of the molecule is O=C(Cn1c(=O)[nH]c2ccccc2c1=O)N[C@H]1CCc2cc(F)cc(F)c21. The number of rotatable bonds is 3. The van der Waals surface area contributed by atoms with Gasteiger partial charge in [-0.15, -0.1) is 0 Å². The van der Waals surface area contributed by atoms with E-state index in [9.17, 15) is 23.2 Å². The fourth-order valence-electron chi connectivity index (χ4n) is 3.55. The average molecular weight is 371 g/mol. The first-order valence-corrected chi connectivity index (χ1v) is 8.43. The monoisotopic (exact) mass is 371 g/mol. The first-order valence-electron chi connectivity index (χ1n) is 8.43. The van der Waals surface area contributed by atoms with Gasteiger partial charge in [0.1, 0.15) is 18.2 Å². The molecule has 0 radical (unpaired) electrons. The minimum Gasteiger partial charge on any atom is -0.348 e. The average Bonchev–Trinajstić information content (AvgIpc) is 3.01. The summed E-state index contributed by atoms with van der Waals surface area (Å²) in [6.45, 7) is -0.492. The molecule has 4 rings (SSSR count). The maximum Gasteiger partial charge on any atom is 0.329 e. The lowest BCUT2D eigenvalue weighted by Gasteiger charge is -2.15. The Kier molecular flexibility index (Phi) is 4.10. The molecule has 1 heterocycles. The molecule has 1 aliphatic rings. The van der Waals surface area contributed by atoms with Gasteiger partial charge in [-0.05, 0) is 36.6 Å². The van der Waals surface area contributed by atoms with Crippen LogP contribution < -0.4 is 16.6 Å². The van der Waals surface area contributed by atoms with Crippen molar-refractivity contribution in [2.75, 3.05) is 0 Å². The van der Waals surface area contributed by atoms with E-state index in [1.165, 1.54) is 6.07 Å². The number of aryl methyl sites for hydroxylation is 1. The van der Waals surface area contributed by atoms with Crippen LogP contribution in [-0.4, -0.2) is 15.5 Å². The largest absolute Gasteiger partial charge is 0.348 e. The molecular weight excluding hydrogens is 356 g/mol.